The lowest BCUT2D eigenvalue weighted by atomic mass is 10.1. The van der Waals surface area contributed by atoms with Gasteiger partial charge in [-0.1, -0.05) is 47.3 Å². The SMILES string of the molecule is CCn1cnnc1SCc1nnc(-c2c(-c3ccccc3)noc2C)o1. The van der Waals surface area contributed by atoms with Crippen LogP contribution in [0.2, 0.25) is 0 Å². The number of benzene rings is 1. The Bertz CT molecular complexity index is 1010. The van der Waals surface area contributed by atoms with Crippen LogP contribution in [-0.4, -0.2) is 30.1 Å². The molecule has 4 rings (SSSR count). The summed E-state index contributed by atoms with van der Waals surface area (Å²) in [5, 5.41) is 21.3. The molecule has 3 heterocycles. The summed E-state index contributed by atoms with van der Waals surface area (Å²) < 4.78 is 13.2. The summed E-state index contributed by atoms with van der Waals surface area (Å²) in [6.45, 7) is 4.68. The van der Waals surface area contributed by atoms with Gasteiger partial charge < -0.3 is 13.5 Å². The van der Waals surface area contributed by atoms with E-state index in [9.17, 15) is 0 Å². The van der Waals surface area contributed by atoms with Gasteiger partial charge in [0.05, 0.1) is 5.75 Å². The van der Waals surface area contributed by atoms with Crippen molar-refractivity contribution in [2.24, 2.45) is 0 Å². The molecule has 0 saturated heterocycles. The molecule has 0 aliphatic heterocycles. The monoisotopic (exact) mass is 368 g/mol. The summed E-state index contributed by atoms with van der Waals surface area (Å²) >= 11 is 1.50. The highest BCUT2D eigenvalue weighted by Crippen LogP contribution is 2.33. The van der Waals surface area contributed by atoms with Crippen LogP contribution in [0, 0.1) is 6.92 Å². The van der Waals surface area contributed by atoms with Gasteiger partial charge in [0.2, 0.25) is 5.89 Å². The Morgan fingerprint density at radius 2 is 1.96 bits per heavy atom. The van der Waals surface area contributed by atoms with Gasteiger partial charge in [-0.25, -0.2) is 0 Å². The van der Waals surface area contributed by atoms with Crippen molar-refractivity contribution in [3.8, 4) is 22.7 Å². The predicted molar refractivity (Wildman–Crippen MR) is 95.2 cm³/mol. The molecule has 0 bridgehead atoms. The van der Waals surface area contributed by atoms with Gasteiger partial charge in [-0.15, -0.1) is 20.4 Å². The Labute approximate surface area is 153 Å². The van der Waals surface area contributed by atoms with Crippen LogP contribution < -0.4 is 0 Å². The number of aryl methyl sites for hydroxylation is 2. The summed E-state index contributed by atoms with van der Waals surface area (Å²) in [5.41, 5.74) is 2.35. The standard InChI is InChI=1S/C17H16N6O2S/c1-3-23-10-18-21-17(23)26-9-13-19-20-16(24-13)14-11(2)25-22-15(14)12-7-5-4-6-8-12/h4-8,10H,3,9H2,1-2H3. The molecule has 9 heteroatoms. The molecule has 0 saturated carbocycles. The fraction of sp³-hybridized carbons (Fsp3) is 0.235. The molecule has 0 atom stereocenters. The molecular weight excluding hydrogens is 352 g/mol. The molecule has 0 aliphatic rings. The topological polar surface area (TPSA) is 95.7 Å². The van der Waals surface area contributed by atoms with Gasteiger partial charge in [0, 0.05) is 12.1 Å². The van der Waals surface area contributed by atoms with E-state index in [-0.39, 0.29) is 0 Å². The van der Waals surface area contributed by atoms with Gasteiger partial charge in [0.15, 0.2) is 5.16 Å². The zero-order valence-electron chi connectivity index (χ0n) is 14.3. The molecule has 0 spiro atoms. The Hall–Kier alpha value is -2.94. The molecule has 0 N–H and O–H groups in total. The number of hydrogen-bond acceptors (Lipinski definition) is 8. The fourth-order valence-corrected chi connectivity index (χ4v) is 3.35. The van der Waals surface area contributed by atoms with Crippen molar-refractivity contribution in [3.63, 3.8) is 0 Å². The first kappa shape index (κ1) is 16.5. The van der Waals surface area contributed by atoms with Gasteiger partial charge >= 0.3 is 0 Å². The van der Waals surface area contributed by atoms with Crippen molar-refractivity contribution in [1.82, 2.24) is 30.1 Å². The van der Waals surface area contributed by atoms with Crippen molar-refractivity contribution in [2.45, 2.75) is 31.3 Å². The van der Waals surface area contributed by atoms with E-state index in [1.165, 1.54) is 11.8 Å². The average Bonchev–Trinajstić information content (AvgIpc) is 3.39. The highest BCUT2D eigenvalue weighted by atomic mass is 32.2. The number of rotatable bonds is 6. The van der Waals surface area contributed by atoms with Crippen LogP contribution in [0.4, 0.5) is 0 Å². The van der Waals surface area contributed by atoms with Crippen molar-refractivity contribution >= 4 is 11.8 Å². The molecule has 0 amide bonds. The van der Waals surface area contributed by atoms with Crippen molar-refractivity contribution in [3.05, 3.63) is 48.3 Å². The molecule has 0 aliphatic carbocycles. The lowest BCUT2D eigenvalue weighted by Crippen LogP contribution is -1.94. The molecule has 8 nitrogen and oxygen atoms in total. The minimum atomic E-state index is 0.398. The Kier molecular flexibility index (Phi) is 4.53. The quantitative estimate of drug-likeness (QED) is 0.476. The van der Waals surface area contributed by atoms with E-state index in [1.807, 2.05) is 48.7 Å². The normalized spacial score (nSPS) is 11.2. The van der Waals surface area contributed by atoms with Crippen LogP contribution in [0.1, 0.15) is 18.6 Å². The van der Waals surface area contributed by atoms with Crippen molar-refractivity contribution in [2.75, 3.05) is 0 Å². The summed E-state index contributed by atoms with van der Waals surface area (Å²) in [6, 6.07) is 9.77. The second-order valence-electron chi connectivity index (χ2n) is 5.52. The molecule has 0 unspecified atom stereocenters. The fourth-order valence-electron chi connectivity index (χ4n) is 2.53. The summed E-state index contributed by atoms with van der Waals surface area (Å²) in [6.07, 6.45) is 1.70. The Balaban J connectivity index is 1.58. The van der Waals surface area contributed by atoms with Crippen LogP contribution in [0.5, 0.6) is 0 Å². The zero-order chi connectivity index (χ0) is 17.9. The van der Waals surface area contributed by atoms with Crippen LogP contribution >= 0.6 is 11.8 Å². The molecule has 0 fully saturated rings. The van der Waals surface area contributed by atoms with Gasteiger partial charge in [0.1, 0.15) is 23.3 Å². The first-order valence-corrected chi connectivity index (χ1v) is 9.10. The molecular formula is C17H16N6O2S. The lowest BCUT2D eigenvalue weighted by Gasteiger charge is -2.00. The summed E-state index contributed by atoms with van der Waals surface area (Å²) in [5.74, 6) is 2.05. The van der Waals surface area contributed by atoms with Crippen molar-refractivity contribution < 1.29 is 8.94 Å². The summed E-state index contributed by atoms with van der Waals surface area (Å²) in [7, 11) is 0. The van der Waals surface area contributed by atoms with Gasteiger partial charge in [-0.2, -0.15) is 0 Å². The molecule has 26 heavy (non-hydrogen) atoms. The number of nitrogens with zero attached hydrogens (tertiary/aromatic N) is 6. The van der Waals surface area contributed by atoms with Gasteiger partial charge in [-0.05, 0) is 13.8 Å². The second kappa shape index (κ2) is 7.12. The van der Waals surface area contributed by atoms with Crippen LogP contribution in [-0.2, 0) is 12.3 Å². The molecule has 0 radical (unpaired) electrons. The number of thioether (sulfide) groups is 1. The minimum absolute atomic E-state index is 0.398. The van der Waals surface area contributed by atoms with Crippen LogP contribution in [0.3, 0.4) is 0 Å². The Morgan fingerprint density at radius 1 is 1.12 bits per heavy atom. The zero-order valence-corrected chi connectivity index (χ0v) is 15.1. The summed E-state index contributed by atoms with van der Waals surface area (Å²) in [4.78, 5) is 0. The van der Waals surface area contributed by atoms with Crippen LogP contribution in [0.25, 0.3) is 22.7 Å². The molecule has 1 aromatic carbocycles. The van der Waals surface area contributed by atoms with Gasteiger partial charge in [-0.3, -0.25) is 0 Å². The third-order valence-corrected chi connectivity index (χ3v) is 4.80. The minimum Gasteiger partial charge on any atom is -0.420 e. The molecule has 3 aromatic heterocycles. The maximum atomic E-state index is 5.84. The Morgan fingerprint density at radius 3 is 2.77 bits per heavy atom. The largest absolute Gasteiger partial charge is 0.420 e. The smallest absolute Gasteiger partial charge is 0.253 e. The first-order chi connectivity index (χ1) is 12.8. The third kappa shape index (κ3) is 3.13. The highest BCUT2D eigenvalue weighted by molar-refractivity contribution is 7.98. The van der Waals surface area contributed by atoms with E-state index in [0.29, 0.717) is 29.0 Å². The first-order valence-electron chi connectivity index (χ1n) is 8.11. The van der Waals surface area contributed by atoms with E-state index in [0.717, 1.165) is 22.8 Å². The molecule has 132 valence electrons. The number of aromatic nitrogens is 6. The van der Waals surface area contributed by atoms with E-state index >= 15 is 0 Å². The lowest BCUT2D eigenvalue weighted by molar-refractivity contribution is 0.399. The second-order valence-corrected chi connectivity index (χ2v) is 6.46. The van der Waals surface area contributed by atoms with E-state index in [1.54, 1.807) is 6.33 Å². The van der Waals surface area contributed by atoms with Gasteiger partial charge in [0.25, 0.3) is 5.89 Å². The predicted octanol–water partition coefficient (Wildman–Crippen LogP) is 3.60. The molecule has 4 aromatic rings. The number of hydrogen-bond donors (Lipinski definition) is 0. The van der Waals surface area contributed by atoms with Crippen LogP contribution in [0.15, 0.2) is 50.8 Å². The maximum absolute atomic E-state index is 5.84. The van der Waals surface area contributed by atoms with E-state index in [4.69, 9.17) is 8.94 Å². The van der Waals surface area contributed by atoms with E-state index < -0.39 is 0 Å². The third-order valence-electron chi connectivity index (χ3n) is 3.84. The van der Waals surface area contributed by atoms with E-state index in [2.05, 4.69) is 25.6 Å². The maximum Gasteiger partial charge on any atom is 0.253 e. The average molecular weight is 368 g/mol. The highest BCUT2D eigenvalue weighted by Gasteiger charge is 2.22. The van der Waals surface area contributed by atoms with Crippen molar-refractivity contribution in [1.29, 1.82) is 0 Å².